The monoisotopic (exact) mass is 295 g/mol. The van der Waals surface area contributed by atoms with E-state index in [1.165, 1.54) is 0 Å². The van der Waals surface area contributed by atoms with Gasteiger partial charge in [-0.3, -0.25) is 0 Å². The summed E-state index contributed by atoms with van der Waals surface area (Å²) in [5.74, 6) is 0. The van der Waals surface area contributed by atoms with Crippen molar-refractivity contribution in [3.8, 4) is 0 Å². The molecule has 0 aliphatic carbocycles. The molecule has 4 heavy (non-hydrogen) atoms. The quantitative estimate of drug-likeness (QED) is 0.421. The van der Waals surface area contributed by atoms with Crippen LogP contribution in [0.3, 0.4) is 0 Å². The minimum absolute atomic E-state index is 0. The van der Waals surface area contributed by atoms with Gasteiger partial charge in [0.2, 0.25) is 0 Å². The average molecular weight is 295 g/mol. The molecule has 0 aliphatic heterocycles. The van der Waals surface area contributed by atoms with Gasteiger partial charge in [-0.15, -0.1) is 0 Å². The zero-order chi connectivity index (χ0) is 0. The molecular formula is HLiMnNiYb. The molecule has 0 saturated carbocycles. The summed E-state index contributed by atoms with van der Waals surface area (Å²) in [5.41, 5.74) is 0. The standard InChI is InChI=1S/Li.Mn.Ni.Yb.H/q+1;;;;-1. The molecule has 1 radical (unpaired) electrons. The first-order valence-corrected chi connectivity index (χ1v) is 0. The van der Waals surface area contributed by atoms with Crippen LogP contribution in [0.15, 0.2) is 0 Å². The topological polar surface area (TPSA) is 0 Å². The van der Waals surface area contributed by atoms with Gasteiger partial charge in [0.25, 0.3) is 0 Å². The van der Waals surface area contributed by atoms with Crippen molar-refractivity contribution in [1.82, 2.24) is 0 Å². The minimum Gasteiger partial charge on any atom is -1.00 e. The van der Waals surface area contributed by atoms with Crippen LogP contribution in [0.2, 0.25) is 0 Å². The Morgan fingerprint density at radius 2 is 1.25 bits per heavy atom. The summed E-state index contributed by atoms with van der Waals surface area (Å²) in [4.78, 5) is 0. The van der Waals surface area contributed by atoms with E-state index in [0.29, 0.717) is 0 Å². The molecule has 0 aliphatic rings. The van der Waals surface area contributed by atoms with E-state index in [-0.39, 0.29) is 101 Å². The van der Waals surface area contributed by atoms with Crippen molar-refractivity contribution in [2.45, 2.75) is 0 Å². The van der Waals surface area contributed by atoms with E-state index in [4.69, 9.17) is 0 Å². The summed E-state index contributed by atoms with van der Waals surface area (Å²) >= 11 is 0. The normalized spacial score (nSPS) is 0. The molecular weight excluding hydrogens is 294 g/mol. The van der Waals surface area contributed by atoms with Crippen LogP contribution in [0.4, 0.5) is 0 Å². The second-order valence-corrected chi connectivity index (χ2v) is 0. The maximum atomic E-state index is 0. The molecule has 0 rings (SSSR count). The summed E-state index contributed by atoms with van der Waals surface area (Å²) in [5, 5.41) is 0. The summed E-state index contributed by atoms with van der Waals surface area (Å²) in [7, 11) is 0. The van der Waals surface area contributed by atoms with Gasteiger partial charge in [0, 0.05) is 80.5 Å². The van der Waals surface area contributed by atoms with Crippen molar-refractivity contribution in [1.29, 1.82) is 0 Å². The van der Waals surface area contributed by atoms with E-state index in [9.17, 15) is 0 Å². The molecule has 0 aromatic heterocycles. The van der Waals surface area contributed by atoms with Crippen LogP contribution in [-0.2, 0) is 33.6 Å². The van der Waals surface area contributed by atoms with Crippen molar-refractivity contribution in [2.75, 3.05) is 0 Å². The van der Waals surface area contributed by atoms with Gasteiger partial charge < -0.3 is 1.43 Å². The Balaban J connectivity index is 0. The molecule has 0 aromatic rings. The van der Waals surface area contributed by atoms with Gasteiger partial charge >= 0.3 is 18.9 Å². The van der Waals surface area contributed by atoms with Crippen LogP contribution >= 0.6 is 0 Å². The summed E-state index contributed by atoms with van der Waals surface area (Å²) in [6.07, 6.45) is 0. The van der Waals surface area contributed by atoms with Gasteiger partial charge in [0.15, 0.2) is 0 Å². The fraction of sp³-hybridized carbons (Fsp3) is 0. The van der Waals surface area contributed by atoms with Crippen LogP contribution in [0, 0.1) is 46.9 Å². The SMILES string of the molecule is [H-].[Li+].[Mn].[Ni].[Yb]. The molecule has 0 heterocycles. The first-order chi connectivity index (χ1) is 0. The molecule has 0 N–H and O–H groups in total. The Bertz CT molecular complexity index is 11.6. The predicted octanol–water partition coefficient (Wildman–Crippen LogP) is -2.89. The maximum absolute atomic E-state index is 0. The average Bonchev–Trinajstić information content (AvgIpc) is 0. The fourth-order valence-electron chi connectivity index (χ4n) is 0. The molecule has 0 unspecified atom stereocenters. The van der Waals surface area contributed by atoms with Gasteiger partial charge in [-0.05, 0) is 0 Å². The van der Waals surface area contributed by atoms with Crippen molar-refractivity contribution >= 4 is 0 Å². The Morgan fingerprint density at radius 3 is 1.25 bits per heavy atom. The number of rotatable bonds is 0. The third-order valence-electron chi connectivity index (χ3n) is 0. The van der Waals surface area contributed by atoms with Crippen LogP contribution in [0.1, 0.15) is 1.43 Å². The second-order valence-electron chi connectivity index (χ2n) is 0. The number of hydrogen-bond acceptors (Lipinski definition) is 0. The zero-order valence-corrected chi connectivity index (χ0v) is 5.84. The molecule has 0 spiro atoms. The van der Waals surface area contributed by atoms with E-state index < -0.39 is 0 Å². The molecule has 0 aromatic carbocycles. The van der Waals surface area contributed by atoms with Gasteiger partial charge in [-0.2, -0.15) is 0 Å². The Labute approximate surface area is 98.5 Å². The summed E-state index contributed by atoms with van der Waals surface area (Å²) in [6.45, 7) is 0. The Hall–Kier alpha value is 3.13. The summed E-state index contributed by atoms with van der Waals surface area (Å²) < 4.78 is 0. The smallest absolute Gasteiger partial charge is 1.00 e. The van der Waals surface area contributed by atoms with Crippen molar-refractivity contribution < 1.29 is 101 Å². The fourth-order valence-corrected chi connectivity index (χ4v) is 0. The molecule has 33 valence electrons. The minimum atomic E-state index is 0. The van der Waals surface area contributed by atoms with E-state index in [0.717, 1.165) is 0 Å². The molecule has 0 nitrogen and oxygen atoms in total. The van der Waals surface area contributed by atoms with Crippen molar-refractivity contribution in [3.63, 3.8) is 0 Å². The number of hydrogen-bond donors (Lipinski definition) is 0. The molecule has 0 bridgehead atoms. The molecule has 0 fully saturated rings. The maximum Gasteiger partial charge on any atom is 1.00 e. The predicted molar refractivity (Wildman–Crippen MR) is 1.11 cm³/mol. The van der Waals surface area contributed by atoms with Crippen LogP contribution in [0.5, 0.6) is 0 Å². The van der Waals surface area contributed by atoms with Gasteiger partial charge in [-0.1, -0.05) is 0 Å². The van der Waals surface area contributed by atoms with E-state index >= 15 is 0 Å². The Kier molecular flexibility index (Phi) is 113. The second kappa shape index (κ2) is 16.5. The van der Waals surface area contributed by atoms with Crippen LogP contribution < -0.4 is 18.9 Å². The van der Waals surface area contributed by atoms with Gasteiger partial charge in [0.1, 0.15) is 0 Å². The van der Waals surface area contributed by atoms with Crippen LogP contribution in [-0.4, -0.2) is 0 Å². The molecule has 4 heteroatoms. The van der Waals surface area contributed by atoms with Crippen LogP contribution in [0.25, 0.3) is 0 Å². The Morgan fingerprint density at radius 1 is 1.25 bits per heavy atom. The zero-order valence-electron chi connectivity index (χ0n) is 2.96. The van der Waals surface area contributed by atoms with Gasteiger partial charge in [-0.25, -0.2) is 0 Å². The first kappa shape index (κ1) is 27.3. The molecule has 0 amide bonds. The molecule has 0 atom stereocenters. The van der Waals surface area contributed by atoms with E-state index in [1.807, 2.05) is 0 Å². The largest absolute Gasteiger partial charge is 1.00 e. The van der Waals surface area contributed by atoms with Crippen molar-refractivity contribution in [2.24, 2.45) is 0 Å². The van der Waals surface area contributed by atoms with Crippen molar-refractivity contribution in [3.05, 3.63) is 0 Å². The first-order valence-electron chi connectivity index (χ1n) is 0. The summed E-state index contributed by atoms with van der Waals surface area (Å²) in [6, 6.07) is 0. The van der Waals surface area contributed by atoms with E-state index in [2.05, 4.69) is 0 Å². The van der Waals surface area contributed by atoms with E-state index in [1.54, 1.807) is 0 Å². The molecule has 0 saturated heterocycles. The van der Waals surface area contributed by atoms with Gasteiger partial charge in [0.05, 0.1) is 0 Å². The third-order valence-corrected chi connectivity index (χ3v) is 0. The third kappa shape index (κ3) is 8.93.